The van der Waals surface area contributed by atoms with E-state index >= 15 is 0 Å². The molecule has 2 aromatic heterocycles. The van der Waals surface area contributed by atoms with Crippen LogP contribution in [0.25, 0.3) is 9.75 Å². The summed E-state index contributed by atoms with van der Waals surface area (Å²) < 4.78 is 12.9. The van der Waals surface area contributed by atoms with Crippen LogP contribution in [0.5, 0.6) is 0 Å². The zero-order chi connectivity index (χ0) is 27.9. The van der Waals surface area contributed by atoms with Gasteiger partial charge in [-0.1, -0.05) is 0 Å². The van der Waals surface area contributed by atoms with Crippen LogP contribution in [0.15, 0.2) is 18.2 Å². The molecular weight excluding hydrogens is 710 g/mol. The molecule has 0 aliphatic rings. The number of terminal acetylenes is 1. The van der Waals surface area contributed by atoms with E-state index in [1.165, 1.54) is 106 Å². The van der Waals surface area contributed by atoms with Gasteiger partial charge in [0.05, 0.1) is 0 Å². The minimum atomic E-state index is -2.48. The maximum absolute atomic E-state index is 6.23. The molecule has 4 heteroatoms. The molecule has 0 saturated carbocycles. The van der Waals surface area contributed by atoms with E-state index in [-0.39, 0.29) is 0 Å². The molecule has 0 aliphatic carbocycles. The first-order valence-electron chi connectivity index (χ1n) is 16.2. The van der Waals surface area contributed by atoms with Gasteiger partial charge in [0.2, 0.25) is 0 Å². The molecule has 38 heavy (non-hydrogen) atoms. The Hall–Kier alpha value is 0.557. The molecule has 0 amide bonds. The number of unbranched alkanes of at least 4 members (excludes halogenated alkanes) is 6. The third kappa shape index (κ3) is 9.55. The van der Waals surface area contributed by atoms with Gasteiger partial charge < -0.3 is 0 Å². The van der Waals surface area contributed by atoms with Crippen molar-refractivity contribution in [3.05, 3.63) is 23.8 Å². The van der Waals surface area contributed by atoms with Gasteiger partial charge in [0.15, 0.2) is 0 Å². The second kappa shape index (κ2) is 18.9. The van der Waals surface area contributed by atoms with Crippen molar-refractivity contribution in [3.63, 3.8) is 0 Å². The monoisotopic (exact) mass is 770 g/mol. The Morgan fingerprint density at radius 1 is 0.579 bits per heavy atom. The van der Waals surface area contributed by atoms with Crippen molar-refractivity contribution in [2.24, 2.45) is 0 Å². The first-order chi connectivity index (χ1) is 18.5. The van der Waals surface area contributed by atoms with Crippen LogP contribution < -0.4 is 5.79 Å². The fourth-order valence-electron chi connectivity index (χ4n) is 6.27. The molecule has 0 spiro atoms. The van der Waals surface area contributed by atoms with Crippen LogP contribution in [0.3, 0.4) is 0 Å². The molecule has 2 aromatic rings. The van der Waals surface area contributed by atoms with Gasteiger partial charge in [0, 0.05) is 0 Å². The second-order valence-electron chi connectivity index (χ2n) is 11.8. The molecule has 0 bridgehead atoms. The Bertz CT molecular complexity index is 905. The van der Waals surface area contributed by atoms with Crippen molar-refractivity contribution in [1.82, 2.24) is 0 Å². The van der Waals surface area contributed by atoms with E-state index in [1.807, 2.05) is 2.89 Å². The topological polar surface area (TPSA) is 0 Å². The van der Waals surface area contributed by atoms with Gasteiger partial charge in [-0.15, -0.1) is 0 Å². The molecule has 0 aliphatic heterocycles. The Balaban J connectivity index is 2.56. The summed E-state index contributed by atoms with van der Waals surface area (Å²) in [5, 5.41) is 0. The molecule has 214 valence electrons. The minimum absolute atomic E-state index is 1.21. The van der Waals surface area contributed by atoms with E-state index in [0.29, 0.717) is 0 Å². The van der Waals surface area contributed by atoms with E-state index in [2.05, 4.69) is 88.3 Å². The summed E-state index contributed by atoms with van der Waals surface area (Å²) in [4.78, 5) is 2.95. The molecular formula is C34H58S2Sn2. The van der Waals surface area contributed by atoms with E-state index in [1.54, 1.807) is 16.2 Å². The maximum atomic E-state index is 6.23. The molecule has 0 atom stereocenters. The van der Waals surface area contributed by atoms with E-state index in [9.17, 15) is 0 Å². The predicted molar refractivity (Wildman–Crippen MR) is 185 cm³/mol. The molecule has 0 unspecified atom stereocenters. The normalized spacial score (nSPS) is 12.2. The number of thiophene rings is 2. The fourth-order valence-corrected chi connectivity index (χ4v) is 46.8. The van der Waals surface area contributed by atoms with Crippen LogP contribution >= 0.6 is 22.7 Å². The van der Waals surface area contributed by atoms with Crippen molar-refractivity contribution in [2.75, 3.05) is 0 Å². The van der Waals surface area contributed by atoms with Gasteiger partial charge in [-0.25, -0.2) is 0 Å². The Morgan fingerprint density at radius 3 is 1.34 bits per heavy atom. The number of rotatable bonds is 21. The molecule has 0 nitrogen and oxygen atoms in total. The summed E-state index contributed by atoms with van der Waals surface area (Å²) in [5.74, 6) is 3.17. The quantitative estimate of drug-likeness (QED) is 0.0877. The average molecular weight is 768 g/mol. The molecule has 0 N–H and O–H groups in total. The van der Waals surface area contributed by atoms with Crippen LogP contribution in [0.4, 0.5) is 0 Å². The van der Waals surface area contributed by atoms with E-state index in [4.69, 9.17) is 6.42 Å². The van der Waals surface area contributed by atoms with Crippen LogP contribution in [0, 0.1) is 12.3 Å². The van der Waals surface area contributed by atoms with Crippen molar-refractivity contribution in [2.45, 2.75) is 145 Å². The third-order valence-corrected chi connectivity index (χ3v) is 47.7. The van der Waals surface area contributed by atoms with Crippen LogP contribution in [0.2, 0.25) is 26.6 Å². The Kier molecular flexibility index (Phi) is 17.3. The van der Waals surface area contributed by atoms with Crippen LogP contribution in [-0.2, 0) is 0 Å². The van der Waals surface area contributed by atoms with Crippen LogP contribution in [0.1, 0.15) is 124 Å². The van der Waals surface area contributed by atoms with Gasteiger partial charge in [-0.2, -0.15) is 0 Å². The molecule has 2 heterocycles. The van der Waals surface area contributed by atoms with Crippen LogP contribution in [-0.4, -0.2) is 36.8 Å². The SMILES string of the molecule is C#Cc1c[c]([Sn]([CH2]CCC)([CH2]CCC)[CH2]CCC)sc1-c1cc[c]([Sn]([CH2]CCC)([CH2]CCC)[CH2]CCC)s1. The molecule has 0 saturated heterocycles. The Morgan fingerprint density at radius 2 is 0.974 bits per heavy atom. The molecule has 2 rings (SSSR count). The van der Waals surface area contributed by atoms with E-state index < -0.39 is 36.8 Å². The number of hydrogen-bond acceptors (Lipinski definition) is 2. The number of hydrogen-bond donors (Lipinski definition) is 0. The van der Waals surface area contributed by atoms with Gasteiger partial charge in [-0.05, 0) is 0 Å². The standard InChI is InChI=1S/C10H4S2.6C4H9.2Sn/c1-2-8-5-7-12-10(8)9-4-3-6-11-9;6*1-3-4-2;;/h1,3-5H;6*1,3-4H2,2H3;;. The molecule has 0 fully saturated rings. The van der Waals surface area contributed by atoms with Gasteiger partial charge >= 0.3 is 256 Å². The predicted octanol–water partition coefficient (Wildman–Crippen LogP) is 11.6. The zero-order valence-corrected chi connectivity index (χ0v) is 33.2. The second-order valence-corrected chi connectivity index (χ2v) is 42.3. The first kappa shape index (κ1) is 34.8. The summed E-state index contributed by atoms with van der Waals surface area (Å²) in [7, 11) is 0. The summed E-state index contributed by atoms with van der Waals surface area (Å²) >= 11 is -0.548. The summed E-state index contributed by atoms with van der Waals surface area (Å²) in [5.41, 5.74) is 1.21. The third-order valence-electron chi connectivity index (χ3n) is 8.82. The van der Waals surface area contributed by atoms with Crippen molar-refractivity contribution in [3.8, 4) is 22.1 Å². The first-order valence-corrected chi connectivity index (χ1v) is 32.8. The summed E-state index contributed by atoms with van der Waals surface area (Å²) in [6, 6.07) is 7.63. The van der Waals surface area contributed by atoms with Gasteiger partial charge in [-0.3, -0.25) is 0 Å². The summed E-state index contributed by atoms with van der Waals surface area (Å²) in [6.07, 6.45) is 22.8. The fraction of sp³-hybridized carbons (Fsp3) is 0.706. The molecule has 0 aromatic carbocycles. The zero-order valence-electron chi connectivity index (χ0n) is 25.9. The molecule has 0 radical (unpaired) electrons. The van der Waals surface area contributed by atoms with Gasteiger partial charge in [0.25, 0.3) is 0 Å². The van der Waals surface area contributed by atoms with Crippen molar-refractivity contribution >= 4 is 65.2 Å². The van der Waals surface area contributed by atoms with Crippen molar-refractivity contribution in [1.29, 1.82) is 0 Å². The van der Waals surface area contributed by atoms with Gasteiger partial charge in [0.1, 0.15) is 0 Å². The Labute approximate surface area is 253 Å². The van der Waals surface area contributed by atoms with Crippen molar-refractivity contribution < 1.29 is 0 Å². The van der Waals surface area contributed by atoms with E-state index in [0.717, 1.165) is 0 Å². The summed E-state index contributed by atoms with van der Waals surface area (Å²) in [6.45, 7) is 14.3. The average Bonchev–Trinajstić information content (AvgIpc) is 3.61.